The number of nitrogen functional groups attached to an aromatic ring is 1. The van der Waals surface area contributed by atoms with Gasteiger partial charge in [-0.05, 0) is 30.7 Å². The summed E-state index contributed by atoms with van der Waals surface area (Å²) in [5.41, 5.74) is 8.60. The van der Waals surface area contributed by atoms with Gasteiger partial charge in [-0.1, -0.05) is 37.3 Å². The van der Waals surface area contributed by atoms with E-state index in [9.17, 15) is 0 Å². The third kappa shape index (κ3) is 2.37. The molecule has 1 fully saturated rings. The molecule has 2 N–H and O–H groups in total. The lowest BCUT2D eigenvalue weighted by Gasteiger charge is -2.10. The maximum absolute atomic E-state index is 6.20. The van der Waals surface area contributed by atoms with Gasteiger partial charge >= 0.3 is 0 Å². The van der Waals surface area contributed by atoms with E-state index < -0.39 is 0 Å². The number of hydrogen-bond acceptors (Lipinski definition) is 2. The molecule has 1 aliphatic rings. The Morgan fingerprint density at radius 2 is 2.00 bits per heavy atom. The first-order chi connectivity index (χ1) is 9.16. The Labute approximate surface area is 114 Å². The first-order valence-electron chi connectivity index (χ1n) is 7.02. The van der Waals surface area contributed by atoms with Crippen LogP contribution < -0.4 is 5.73 Å². The number of benzene rings is 1. The number of nitrogens with zero attached hydrogens (tertiary/aromatic N) is 2. The summed E-state index contributed by atoms with van der Waals surface area (Å²) in [6, 6.07) is 10.6. The van der Waals surface area contributed by atoms with E-state index in [1.165, 1.54) is 24.2 Å². The molecule has 0 spiro atoms. The summed E-state index contributed by atoms with van der Waals surface area (Å²) in [6.07, 6.45) is 3.44. The number of anilines is 1. The third-order valence-corrected chi connectivity index (χ3v) is 4.06. The number of hydrogen-bond donors (Lipinski definition) is 1. The summed E-state index contributed by atoms with van der Waals surface area (Å²) >= 11 is 0. The molecule has 1 heterocycles. The average molecular weight is 255 g/mol. The quantitative estimate of drug-likeness (QED) is 0.911. The molecule has 3 heteroatoms. The van der Waals surface area contributed by atoms with Crippen LogP contribution in [0.25, 0.3) is 0 Å². The number of nitrogens with two attached hydrogens (primary N) is 1. The molecule has 1 aliphatic carbocycles. The molecule has 1 unspecified atom stereocenters. The minimum Gasteiger partial charge on any atom is -0.384 e. The fourth-order valence-electron chi connectivity index (χ4n) is 2.63. The van der Waals surface area contributed by atoms with Crippen LogP contribution >= 0.6 is 0 Å². The summed E-state index contributed by atoms with van der Waals surface area (Å²) in [5, 5.41) is 0. The van der Waals surface area contributed by atoms with Crippen LogP contribution in [0.15, 0.2) is 30.3 Å². The summed E-state index contributed by atoms with van der Waals surface area (Å²) in [4.78, 5) is 4.77. The van der Waals surface area contributed by atoms with Crippen molar-refractivity contribution in [1.29, 1.82) is 0 Å². The van der Waals surface area contributed by atoms with Gasteiger partial charge in [0, 0.05) is 13.0 Å². The first kappa shape index (κ1) is 12.3. The molecule has 0 radical (unpaired) electrons. The molecule has 1 aromatic carbocycles. The van der Waals surface area contributed by atoms with Crippen LogP contribution in [0.1, 0.15) is 48.7 Å². The van der Waals surface area contributed by atoms with Crippen molar-refractivity contribution in [3.05, 3.63) is 47.4 Å². The molecule has 0 aliphatic heterocycles. The van der Waals surface area contributed by atoms with Crippen molar-refractivity contribution < 1.29 is 0 Å². The number of aromatic nitrogens is 2. The Morgan fingerprint density at radius 1 is 1.32 bits per heavy atom. The smallest absolute Gasteiger partial charge is 0.126 e. The van der Waals surface area contributed by atoms with Crippen LogP contribution in [0.5, 0.6) is 0 Å². The van der Waals surface area contributed by atoms with Gasteiger partial charge < -0.3 is 10.3 Å². The molecule has 0 amide bonds. The number of rotatable bonds is 4. The Balaban J connectivity index is 1.81. The highest BCUT2D eigenvalue weighted by Gasteiger charge is 2.29. The van der Waals surface area contributed by atoms with Gasteiger partial charge in [-0.25, -0.2) is 4.98 Å². The second-order valence-corrected chi connectivity index (χ2v) is 5.65. The fourth-order valence-corrected chi connectivity index (χ4v) is 2.63. The fraction of sp³-hybridized carbons (Fsp3) is 0.438. The van der Waals surface area contributed by atoms with Crippen molar-refractivity contribution in [2.24, 2.45) is 7.05 Å². The van der Waals surface area contributed by atoms with E-state index in [1.54, 1.807) is 0 Å². The number of imidazole rings is 1. The molecule has 1 atom stereocenters. The maximum Gasteiger partial charge on any atom is 0.126 e. The highest BCUT2D eigenvalue weighted by atomic mass is 15.1. The molecule has 0 saturated heterocycles. The summed E-state index contributed by atoms with van der Waals surface area (Å²) in [6.45, 7) is 2.24. The molecule has 1 aromatic heterocycles. The van der Waals surface area contributed by atoms with E-state index in [1.807, 2.05) is 7.05 Å². The molecule has 0 bridgehead atoms. The van der Waals surface area contributed by atoms with Crippen LogP contribution in [-0.2, 0) is 13.5 Å². The van der Waals surface area contributed by atoms with Crippen LogP contribution in [0, 0.1) is 0 Å². The zero-order chi connectivity index (χ0) is 13.4. The average Bonchev–Trinajstić information content (AvgIpc) is 3.23. The molecule has 2 aromatic rings. The maximum atomic E-state index is 6.20. The van der Waals surface area contributed by atoms with Gasteiger partial charge in [-0.15, -0.1) is 0 Å². The van der Waals surface area contributed by atoms with Crippen LogP contribution in [0.4, 0.5) is 5.82 Å². The van der Waals surface area contributed by atoms with E-state index in [4.69, 9.17) is 10.7 Å². The predicted molar refractivity (Wildman–Crippen MR) is 78.2 cm³/mol. The molecule has 100 valence electrons. The summed E-state index contributed by atoms with van der Waals surface area (Å²) in [7, 11) is 2.03. The Hall–Kier alpha value is -1.77. The van der Waals surface area contributed by atoms with Gasteiger partial charge in [-0.2, -0.15) is 0 Å². The largest absolute Gasteiger partial charge is 0.384 e. The monoisotopic (exact) mass is 255 g/mol. The lowest BCUT2D eigenvalue weighted by atomic mass is 9.96. The van der Waals surface area contributed by atoms with Crippen LogP contribution in [-0.4, -0.2) is 9.55 Å². The molecule has 3 rings (SSSR count). The Bertz CT molecular complexity index is 567. The van der Waals surface area contributed by atoms with Gasteiger partial charge in [0.05, 0.1) is 5.69 Å². The van der Waals surface area contributed by atoms with Gasteiger partial charge in [0.2, 0.25) is 0 Å². The molecule has 1 saturated carbocycles. The standard InChI is InChI=1S/C16H21N3/c1-11(12-6-4-3-5-7-12)10-14-15(17)19(2)16(18-14)13-8-9-13/h3-7,11,13H,8-10,17H2,1-2H3. The van der Waals surface area contributed by atoms with Gasteiger partial charge in [-0.3, -0.25) is 0 Å². The molecular formula is C16H21N3. The zero-order valence-electron chi connectivity index (χ0n) is 11.6. The van der Waals surface area contributed by atoms with Crippen molar-refractivity contribution in [2.75, 3.05) is 5.73 Å². The van der Waals surface area contributed by atoms with Crippen LogP contribution in [0.2, 0.25) is 0 Å². The Kier molecular flexibility index (Phi) is 3.05. The second-order valence-electron chi connectivity index (χ2n) is 5.65. The highest BCUT2D eigenvalue weighted by Crippen LogP contribution is 2.40. The van der Waals surface area contributed by atoms with Crippen molar-refractivity contribution in [2.45, 2.75) is 38.0 Å². The Morgan fingerprint density at radius 3 is 2.63 bits per heavy atom. The topological polar surface area (TPSA) is 43.8 Å². The highest BCUT2D eigenvalue weighted by molar-refractivity contribution is 5.40. The van der Waals surface area contributed by atoms with Crippen molar-refractivity contribution in [1.82, 2.24) is 9.55 Å². The van der Waals surface area contributed by atoms with Crippen molar-refractivity contribution in [3.8, 4) is 0 Å². The second kappa shape index (κ2) is 4.72. The lowest BCUT2D eigenvalue weighted by Crippen LogP contribution is -2.03. The SMILES string of the molecule is CC(Cc1nc(C2CC2)n(C)c1N)c1ccccc1. The lowest BCUT2D eigenvalue weighted by molar-refractivity contribution is 0.743. The summed E-state index contributed by atoms with van der Waals surface area (Å²) in [5.74, 6) is 3.11. The van der Waals surface area contributed by atoms with E-state index in [2.05, 4.69) is 41.8 Å². The van der Waals surface area contributed by atoms with Crippen molar-refractivity contribution in [3.63, 3.8) is 0 Å². The van der Waals surface area contributed by atoms with Gasteiger partial charge in [0.15, 0.2) is 0 Å². The molecular weight excluding hydrogens is 234 g/mol. The van der Waals surface area contributed by atoms with Gasteiger partial charge in [0.25, 0.3) is 0 Å². The first-order valence-corrected chi connectivity index (χ1v) is 7.02. The third-order valence-electron chi connectivity index (χ3n) is 4.06. The molecule has 3 nitrogen and oxygen atoms in total. The predicted octanol–water partition coefficient (Wildman–Crippen LogP) is 3.23. The minimum absolute atomic E-state index is 0.449. The zero-order valence-corrected chi connectivity index (χ0v) is 11.6. The minimum atomic E-state index is 0.449. The van der Waals surface area contributed by atoms with E-state index in [-0.39, 0.29) is 0 Å². The summed E-state index contributed by atoms with van der Waals surface area (Å²) < 4.78 is 2.07. The van der Waals surface area contributed by atoms with Crippen molar-refractivity contribution >= 4 is 5.82 Å². The molecule has 19 heavy (non-hydrogen) atoms. The van der Waals surface area contributed by atoms with E-state index in [0.717, 1.165) is 17.9 Å². The van der Waals surface area contributed by atoms with Gasteiger partial charge in [0.1, 0.15) is 11.6 Å². The van der Waals surface area contributed by atoms with E-state index in [0.29, 0.717) is 11.8 Å². The normalized spacial score (nSPS) is 16.5. The van der Waals surface area contributed by atoms with E-state index >= 15 is 0 Å². The van der Waals surface area contributed by atoms with Crippen LogP contribution in [0.3, 0.4) is 0 Å².